The summed E-state index contributed by atoms with van der Waals surface area (Å²) < 4.78 is 11.3. The van der Waals surface area contributed by atoms with Gasteiger partial charge in [-0.25, -0.2) is 4.79 Å². The van der Waals surface area contributed by atoms with Crippen molar-refractivity contribution in [2.45, 2.75) is 39.3 Å². The van der Waals surface area contributed by atoms with Crippen molar-refractivity contribution in [3.8, 4) is 11.8 Å². The van der Waals surface area contributed by atoms with Crippen molar-refractivity contribution in [1.29, 1.82) is 5.26 Å². The fourth-order valence-electron chi connectivity index (χ4n) is 1.65. The second-order valence-electron chi connectivity index (χ2n) is 5.84. The SMILES string of the molecule is CC(C)[C@](C)(C#N)NC(=O)COC(=O)[C@H](C)Oc1ccc(Br)cc1. The van der Waals surface area contributed by atoms with E-state index in [0.29, 0.717) is 5.75 Å². The molecule has 0 aromatic heterocycles. The number of ether oxygens (including phenoxy) is 2. The smallest absolute Gasteiger partial charge is 0.347 e. The molecule has 0 aliphatic heterocycles. The molecule has 7 heteroatoms. The molecular formula is C17H21BrN2O4. The molecule has 0 saturated carbocycles. The number of nitrogens with one attached hydrogen (secondary N) is 1. The molecule has 24 heavy (non-hydrogen) atoms. The quantitative estimate of drug-likeness (QED) is 0.715. The standard InChI is InChI=1S/C17H21BrN2O4/c1-11(2)17(4,10-19)20-15(21)9-23-16(22)12(3)24-14-7-5-13(18)6-8-14/h5-8,11-12H,9H2,1-4H3,(H,20,21)/t12-,17-/m0/s1. The van der Waals surface area contributed by atoms with Gasteiger partial charge in [0.25, 0.3) is 5.91 Å². The van der Waals surface area contributed by atoms with Crippen LogP contribution < -0.4 is 10.1 Å². The maximum Gasteiger partial charge on any atom is 0.347 e. The van der Waals surface area contributed by atoms with Crippen molar-refractivity contribution in [1.82, 2.24) is 5.32 Å². The summed E-state index contributed by atoms with van der Waals surface area (Å²) in [5, 5.41) is 11.7. The zero-order valence-corrected chi connectivity index (χ0v) is 15.7. The topological polar surface area (TPSA) is 88.4 Å². The van der Waals surface area contributed by atoms with Crippen molar-refractivity contribution in [2.75, 3.05) is 6.61 Å². The second-order valence-corrected chi connectivity index (χ2v) is 6.75. The molecular weight excluding hydrogens is 376 g/mol. The molecule has 0 unspecified atom stereocenters. The summed E-state index contributed by atoms with van der Waals surface area (Å²) in [5.41, 5.74) is -1.01. The van der Waals surface area contributed by atoms with Gasteiger partial charge in [0.05, 0.1) is 6.07 Å². The van der Waals surface area contributed by atoms with Crippen molar-refractivity contribution in [2.24, 2.45) is 5.92 Å². The summed E-state index contributed by atoms with van der Waals surface area (Å²) in [6.07, 6.45) is -0.855. The Bertz CT molecular complexity index is 624. The number of carbonyl (C=O) groups is 2. The van der Waals surface area contributed by atoms with Gasteiger partial charge < -0.3 is 14.8 Å². The van der Waals surface area contributed by atoms with Crippen LogP contribution in [-0.4, -0.2) is 30.1 Å². The zero-order chi connectivity index (χ0) is 18.3. The monoisotopic (exact) mass is 396 g/mol. The Kier molecular flexibility index (Phi) is 7.23. The maximum absolute atomic E-state index is 11.9. The predicted molar refractivity (Wildman–Crippen MR) is 92.2 cm³/mol. The number of esters is 1. The van der Waals surface area contributed by atoms with Crippen LogP contribution in [0.5, 0.6) is 5.75 Å². The Balaban J connectivity index is 2.49. The maximum atomic E-state index is 11.9. The minimum atomic E-state index is -1.01. The predicted octanol–water partition coefficient (Wildman–Crippen LogP) is 2.81. The van der Waals surface area contributed by atoms with Crippen molar-refractivity contribution < 1.29 is 19.1 Å². The highest BCUT2D eigenvalue weighted by Crippen LogP contribution is 2.18. The third-order valence-corrected chi connectivity index (χ3v) is 4.12. The fraction of sp³-hybridized carbons (Fsp3) is 0.471. The first-order chi connectivity index (χ1) is 11.2. The minimum absolute atomic E-state index is 0.0817. The van der Waals surface area contributed by atoms with Crippen molar-refractivity contribution in [3.63, 3.8) is 0 Å². The third kappa shape index (κ3) is 5.85. The highest BCUT2D eigenvalue weighted by Gasteiger charge is 2.30. The Morgan fingerprint density at radius 1 is 1.29 bits per heavy atom. The lowest BCUT2D eigenvalue weighted by molar-refractivity contribution is -0.155. The molecule has 0 spiro atoms. The van der Waals surface area contributed by atoms with Gasteiger partial charge in [0.15, 0.2) is 12.7 Å². The van der Waals surface area contributed by atoms with Gasteiger partial charge in [0, 0.05) is 4.47 Å². The fourth-order valence-corrected chi connectivity index (χ4v) is 1.91. The van der Waals surface area contributed by atoms with Gasteiger partial charge in [-0.05, 0) is 44.0 Å². The van der Waals surface area contributed by atoms with E-state index in [9.17, 15) is 9.59 Å². The molecule has 0 fully saturated rings. The molecule has 0 radical (unpaired) electrons. The van der Waals surface area contributed by atoms with Crippen molar-refractivity contribution >= 4 is 27.8 Å². The van der Waals surface area contributed by atoms with E-state index in [1.165, 1.54) is 6.92 Å². The van der Waals surface area contributed by atoms with Crippen molar-refractivity contribution in [3.05, 3.63) is 28.7 Å². The van der Waals surface area contributed by atoms with E-state index in [1.54, 1.807) is 31.2 Å². The average molecular weight is 397 g/mol. The molecule has 1 rings (SSSR count). The summed E-state index contributed by atoms with van der Waals surface area (Å²) in [7, 11) is 0. The first kappa shape index (κ1) is 20.0. The number of nitriles is 1. The molecule has 0 bridgehead atoms. The van der Waals surface area contributed by atoms with E-state index in [0.717, 1.165) is 4.47 Å². The van der Waals surface area contributed by atoms with E-state index in [2.05, 4.69) is 27.3 Å². The molecule has 0 heterocycles. The van der Waals surface area contributed by atoms with E-state index in [-0.39, 0.29) is 5.92 Å². The number of rotatable bonds is 7. The van der Waals surface area contributed by atoms with Gasteiger partial charge in [-0.1, -0.05) is 29.8 Å². The van der Waals surface area contributed by atoms with E-state index in [4.69, 9.17) is 14.7 Å². The minimum Gasteiger partial charge on any atom is -0.479 e. The molecule has 1 N–H and O–H groups in total. The molecule has 0 saturated heterocycles. The zero-order valence-electron chi connectivity index (χ0n) is 14.1. The summed E-state index contributed by atoms with van der Waals surface area (Å²) in [6, 6.07) is 9.05. The van der Waals surface area contributed by atoms with E-state index in [1.807, 2.05) is 13.8 Å². The third-order valence-electron chi connectivity index (χ3n) is 3.59. The van der Waals surface area contributed by atoms with Gasteiger partial charge in [0.1, 0.15) is 11.3 Å². The lowest BCUT2D eigenvalue weighted by Gasteiger charge is -2.27. The number of benzene rings is 1. The van der Waals surface area contributed by atoms with Gasteiger partial charge in [-0.3, -0.25) is 4.79 Å². The second kappa shape index (κ2) is 8.69. The van der Waals surface area contributed by atoms with E-state index >= 15 is 0 Å². The molecule has 1 aromatic rings. The highest BCUT2D eigenvalue weighted by atomic mass is 79.9. The van der Waals surface area contributed by atoms with Crippen LogP contribution in [0.3, 0.4) is 0 Å². The van der Waals surface area contributed by atoms with Crippen LogP contribution in [-0.2, 0) is 14.3 Å². The Labute approximate surface area is 150 Å². The normalized spacial score (nSPS) is 14.2. The van der Waals surface area contributed by atoms with Gasteiger partial charge in [-0.2, -0.15) is 5.26 Å². The molecule has 130 valence electrons. The molecule has 6 nitrogen and oxygen atoms in total. The van der Waals surface area contributed by atoms with Crippen LogP contribution in [0.15, 0.2) is 28.7 Å². The van der Waals surface area contributed by atoms with Gasteiger partial charge in [-0.15, -0.1) is 0 Å². The van der Waals surface area contributed by atoms with Crippen LogP contribution in [0, 0.1) is 17.2 Å². The lowest BCUT2D eigenvalue weighted by atomic mass is 9.90. The lowest BCUT2D eigenvalue weighted by Crippen LogP contribution is -2.50. The number of hydrogen-bond donors (Lipinski definition) is 1. The summed E-state index contributed by atoms with van der Waals surface area (Å²) in [4.78, 5) is 23.7. The summed E-state index contributed by atoms with van der Waals surface area (Å²) in [6.45, 7) is 6.34. The van der Waals surface area contributed by atoms with Crippen LogP contribution in [0.25, 0.3) is 0 Å². The number of carbonyl (C=O) groups excluding carboxylic acids is 2. The van der Waals surface area contributed by atoms with Crippen LogP contribution in [0.2, 0.25) is 0 Å². The number of nitrogens with zero attached hydrogens (tertiary/aromatic N) is 1. The first-order valence-corrected chi connectivity index (χ1v) is 8.28. The van der Waals surface area contributed by atoms with Crippen LogP contribution in [0.1, 0.15) is 27.7 Å². The van der Waals surface area contributed by atoms with Gasteiger partial charge >= 0.3 is 5.97 Å². The summed E-state index contributed by atoms with van der Waals surface area (Å²) >= 11 is 3.31. The first-order valence-electron chi connectivity index (χ1n) is 7.49. The number of amides is 1. The van der Waals surface area contributed by atoms with Crippen LogP contribution in [0.4, 0.5) is 0 Å². The molecule has 1 aromatic carbocycles. The largest absolute Gasteiger partial charge is 0.479 e. The van der Waals surface area contributed by atoms with E-state index < -0.39 is 30.1 Å². The van der Waals surface area contributed by atoms with Gasteiger partial charge in [0.2, 0.25) is 0 Å². The Morgan fingerprint density at radius 2 is 1.88 bits per heavy atom. The number of halogens is 1. The number of hydrogen-bond acceptors (Lipinski definition) is 5. The highest BCUT2D eigenvalue weighted by molar-refractivity contribution is 9.10. The van der Waals surface area contributed by atoms with Crippen LogP contribution >= 0.6 is 15.9 Å². The molecule has 0 aliphatic carbocycles. The molecule has 2 atom stereocenters. The Morgan fingerprint density at radius 3 is 2.38 bits per heavy atom. The molecule has 1 amide bonds. The summed E-state index contributed by atoms with van der Waals surface area (Å²) in [5.74, 6) is -0.751. The average Bonchev–Trinajstić information content (AvgIpc) is 2.54. The molecule has 0 aliphatic rings. The Hall–Kier alpha value is -2.07.